The fourth-order valence-electron chi connectivity index (χ4n) is 0.109. The molecule has 0 saturated carbocycles. The molecular weight excluding hydrogens is 95.5 g/mol. The Hall–Kier alpha value is 0.290. The van der Waals surface area contributed by atoms with Crippen molar-refractivity contribution in [3.05, 3.63) is 0 Å². The van der Waals surface area contributed by atoms with Crippen LogP contribution in [-0.4, -0.2) is 5.88 Å². The highest BCUT2D eigenvalue weighted by Crippen LogP contribution is 2.00. The maximum atomic E-state index is 5.45. The monoisotopic (exact) mass is 106 g/mol. The minimum absolute atomic E-state index is 0.701. The Morgan fingerprint density at radius 2 is 2.17 bits per heavy atom. The molecule has 0 aromatic rings. The lowest BCUT2D eigenvalue weighted by atomic mass is 10.2. The molecule has 0 spiro atoms. The average molecular weight is 107 g/mol. The van der Waals surface area contributed by atoms with Crippen molar-refractivity contribution in [3.63, 3.8) is 0 Å². The summed E-state index contributed by atoms with van der Waals surface area (Å²) in [6, 6.07) is 0. The number of hydrogen-bond donors (Lipinski definition) is 0. The van der Waals surface area contributed by atoms with Gasteiger partial charge in [-0.1, -0.05) is 20.3 Å². The van der Waals surface area contributed by atoms with Gasteiger partial charge in [0, 0.05) is 5.88 Å². The summed E-state index contributed by atoms with van der Waals surface area (Å²) in [7, 11) is 0. The number of alkyl halides is 1. The molecule has 0 aromatic heterocycles. The van der Waals surface area contributed by atoms with Gasteiger partial charge in [-0.25, -0.2) is 0 Å². The van der Waals surface area contributed by atoms with Crippen molar-refractivity contribution in [2.24, 2.45) is 5.92 Å². The second-order valence-electron chi connectivity index (χ2n) is 1.67. The number of halogens is 1. The smallest absolute Gasteiger partial charge is 0.0249 e. The summed E-state index contributed by atoms with van der Waals surface area (Å²) in [4.78, 5) is 0. The molecule has 0 radical (unpaired) electrons. The Morgan fingerprint density at radius 1 is 1.67 bits per heavy atom. The molecule has 0 bridgehead atoms. The maximum Gasteiger partial charge on any atom is 0.0249 e. The van der Waals surface area contributed by atoms with Gasteiger partial charge < -0.3 is 0 Å². The van der Waals surface area contributed by atoms with Crippen LogP contribution < -0.4 is 0 Å². The molecule has 1 heteroatoms. The highest BCUT2D eigenvalue weighted by atomic mass is 35.5. The van der Waals surface area contributed by atoms with E-state index >= 15 is 0 Å². The highest BCUT2D eigenvalue weighted by molar-refractivity contribution is 6.18. The zero-order chi connectivity index (χ0) is 4.99. The minimum Gasteiger partial charge on any atom is -0.126 e. The zero-order valence-electron chi connectivity index (χ0n) is 4.37. The van der Waals surface area contributed by atoms with Crippen molar-refractivity contribution in [2.75, 3.05) is 5.88 Å². The Balaban J connectivity index is 2.75. The summed E-state index contributed by atoms with van der Waals surface area (Å²) in [5.41, 5.74) is 0. The van der Waals surface area contributed by atoms with Crippen LogP contribution in [0.1, 0.15) is 20.3 Å². The van der Waals surface area contributed by atoms with Crippen LogP contribution in [-0.2, 0) is 0 Å². The van der Waals surface area contributed by atoms with Gasteiger partial charge in [0.15, 0.2) is 0 Å². The van der Waals surface area contributed by atoms with Gasteiger partial charge in [-0.05, 0) is 5.92 Å². The molecule has 0 aliphatic rings. The third-order valence-corrected chi connectivity index (χ3v) is 1.49. The van der Waals surface area contributed by atoms with Gasteiger partial charge in [-0.3, -0.25) is 0 Å². The molecule has 0 fully saturated rings. The molecule has 38 valence electrons. The summed E-state index contributed by atoms with van der Waals surface area (Å²) in [5.74, 6) is 1.50. The quantitative estimate of drug-likeness (QED) is 0.474. The standard InChI is InChI=1S/C5H11Cl/c1-3-5(2)4-6/h5H,3-4H2,1-2H3/t5-/m0/s1. The van der Waals surface area contributed by atoms with Crippen molar-refractivity contribution in [2.45, 2.75) is 20.3 Å². The minimum atomic E-state index is 0.701. The molecule has 1 atom stereocenters. The lowest BCUT2D eigenvalue weighted by Gasteiger charge is -1.97. The molecule has 0 nitrogen and oxygen atoms in total. The van der Waals surface area contributed by atoms with Gasteiger partial charge in [-0.15, -0.1) is 11.6 Å². The molecule has 0 aliphatic carbocycles. The second-order valence-corrected chi connectivity index (χ2v) is 1.98. The van der Waals surface area contributed by atoms with Crippen LogP contribution in [0.2, 0.25) is 0 Å². The lowest BCUT2D eigenvalue weighted by molar-refractivity contribution is 0.633. The van der Waals surface area contributed by atoms with Crippen LogP contribution in [0.15, 0.2) is 0 Å². The van der Waals surface area contributed by atoms with Gasteiger partial charge >= 0.3 is 0 Å². The van der Waals surface area contributed by atoms with Crippen LogP contribution in [0.4, 0.5) is 0 Å². The summed E-state index contributed by atoms with van der Waals surface area (Å²) in [5, 5.41) is 0. The Bertz CT molecular complexity index is 23.1. The van der Waals surface area contributed by atoms with Crippen molar-refractivity contribution in [1.29, 1.82) is 0 Å². The van der Waals surface area contributed by atoms with Crippen molar-refractivity contribution < 1.29 is 0 Å². The van der Waals surface area contributed by atoms with E-state index in [0.717, 1.165) is 5.88 Å². The van der Waals surface area contributed by atoms with E-state index in [1.165, 1.54) is 6.42 Å². The predicted molar refractivity (Wildman–Crippen MR) is 30.2 cm³/mol. The summed E-state index contributed by atoms with van der Waals surface area (Å²) < 4.78 is 0. The first kappa shape index (κ1) is 6.29. The molecule has 0 saturated heterocycles. The van der Waals surface area contributed by atoms with Crippen LogP contribution in [0.5, 0.6) is 0 Å². The fourth-order valence-corrected chi connectivity index (χ4v) is 0.327. The first-order valence-corrected chi connectivity index (χ1v) is 2.90. The third-order valence-electron chi connectivity index (χ3n) is 0.960. The van der Waals surface area contributed by atoms with Crippen LogP contribution in [0.25, 0.3) is 0 Å². The van der Waals surface area contributed by atoms with E-state index < -0.39 is 0 Å². The van der Waals surface area contributed by atoms with Gasteiger partial charge in [0.05, 0.1) is 0 Å². The molecule has 0 aliphatic heterocycles. The Morgan fingerprint density at radius 3 is 2.17 bits per heavy atom. The van der Waals surface area contributed by atoms with Gasteiger partial charge in [-0.2, -0.15) is 0 Å². The fraction of sp³-hybridized carbons (Fsp3) is 1.00. The normalized spacial score (nSPS) is 14.5. The van der Waals surface area contributed by atoms with E-state index in [1.807, 2.05) is 0 Å². The van der Waals surface area contributed by atoms with Gasteiger partial charge in [0.25, 0.3) is 0 Å². The highest BCUT2D eigenvalue weighted by Gasteiger charge is 1.90. The summed E-state index contributed by atoms with van der Waals surface area (Å²) in [6.07, 6.45) is 1.20. The molecule has 0 rings (SSSR count). The number of rotatable bonds is 2. The van der Waals surface area contributed by atoms with E-state index in [0.29, 0.717) is 5.92 Å². The molecule has 6 heavy (non-hydrogen) atoms. The molecule has 0 unspecified atom stereocenters. The lowest BCUT2D eigenvalue weighted by Crippen LogP contribution is -1.90. The largest absolute Gasteiger partial charge is 0.126 e. The summed E-state index contributed by atoms with van der Waals surface area (Å²) >= 11 is 5.45. The van der Waals surface area contributed by atoms with Crippen molar-refractivity contribution in [1.82, 2.24) is 0 Å². The van der Waals surface area contributed by atoms with E-state index in [2.05, 4.69) is 13.8 Å². The maximum absolute atomic E-state index is 5.45. The zero-order valence-corrected chi connectivity index (χ0v) is 5.13. The molecule has 0 aromatic carbocycles. The van der Waals surface area contributed by atoms with Gasteiger partial charge in [0.1, 0.15) is 0 Å². The van der Waals surface area contributed by atoms with Crippen LogP contribution in [0, 0.1) is 5.92 Å². The molecule has 0 heterocycles. The number of hydrogen-bond acceptors (Lipinski definition) is 0. The molecular formula is C5H11Cl. The van der Waals surface area contributed by atoms with Crippen LogP contribution in [0.3, 0.4) is 0 Å². The first-order chi connectivity index (χ1) is 2.81. The second kappa shape index (κ2) is 3.48. The predicted octanol–water partition coefficient (Wildman–Crippen LogP) is 2.27. The van der Waals surface area contributed by atoms with E-state index in [4.69, 9.17) is 11.6 Å². The molecule has 0 N–H and O–H groups in total. The van der Waals surface area contributed by atoms with E-state index in [-0.39, 0.29) is 0 Å². The average Bonchev–Trinajstić information content (AvgIpc) is 1.65. The topological polar surface area (TPSA) is 0 Å². The van der Waals surface area contributed by atoms with Crippen molar-refractivity contribution >= 4 is 11.6 Å². The van der Waals surface area contributed by atoms with Crippen LogP contribution >= 0.6 is 11.6 Å². The first-order valence-electron chi connectivity index (χ1n) is 2.37. The van der Waals surface area contributed by atoms with Gasteiger partial charge in [0.2, 0.25) is 0 Å². The van der Waals surface area contributed by atoms with E-state index in [1.54, 1.807) is 0 Å². The van der Waals surface area contributed by atoms with Crippen molar-refractivity contribution in [3.8, 4) is 0 Å². The Kier molecular flexibility index (Phi) is 3.65. The third kappa shape index (κ3) is 2.52. The Labute approximate surface area is 44.5 Å². The molecule has 0 amide bonds. The summed E-state index contributed by atoms with van der Waals surface area (Å²) in [6.45, 7) is 4.29. The SMILES string of the molecule is CC[C@H](C)CCl. The van der Waals surface area contributed by atoms with E-state index in [9.17, 15) is 0 Å².